The maximum Gasteiger partial charge on any atom is 0.407 e. The van der Waals surface area contributed by atoms with Crippen LogP contribution in [0.5, 0.6) is 0 Å². The molecule has 0 bridgehead atoms. The smallest absolute Gasteiger partial charge is 0.407 e. The molecule has 1 rings (SSSR count). The summed E-state index contributed by atoms with van der Waals surface area (Å²) in [5, 5.41) is 0.841. The molecule has 158 valence electrons. The molecular weight excluding hydrogens is 385 g/mol. The van der Waals surface area contributed by atoms with Gasteiger partial charge in [-0.15, -0.1) is 0 Å². The second-order valence-corrected chi connectivity index (χ2v) is 8.97. The summed E-state index contributed by atoms with van der Waals surface area (Å²) in [6, 6.07) is 9.12. The zero-order valence-electron chi connectivity index (χ0n) is 16.6. The standard InChI is InChI=1S/C19H30NO7P/c1-4-5-11-16(17(21)26-3)19(2,28(23,24)25)12-13-20-18(22)27-14-15-9-7-6-8-10-15/h6-10,16H,4-5,11-14H2,1-3H3,(H,20,22)(H2,23,24,25). The van der Waals surface area contributed by atoms with Crippen molar-refractivity contribution in [2.45, 2.75) is 51.3 Å². The fourth-order valence-electron chi connectivity index (χ4n) is 2.95. The zero-order chi connectivity index (χ0) is 21.2. The molecule has 2 atom stereocenters. The van der Waals surface area contributed by atoms with E-state index >= 15 is 0 Å². The van der Waals surface area contributed by atoms with Crippen LogP contribution in [0, 0.1) is 5.92 Å². The highest BCUT2D eigenvalue weighted by Gasteiger charge is 2.51. The largest absolute Gasteiger partial charge is 0.469 e. The normalized spacial score (nSPS) is 14.6. The van der Waals surface area contributed by atoms with E-state index < -0.39 is 30.7 Å². The van der Waals surface area contributed by atoms with Gasteiger partial charge < -0.3 is 24.6 Å². The van der Waals surface area contributed by atoms with Crippen LogP contribution in [0.25, 0.3) is 0 Å². The first-order valence-corrected chi connectivity index (χ1v) is 10.8. The van der Waals surface area contributed by atoms with Crippen LogP contribution in [-0.2, 0) is 25.4 Å². The number of hydrogen-bond acceptors (Lipinski definition) is 5. The molecule has 1 amide bonds. The van der Waals surface area contributed by atoms with E-state index in [1.54, 1.807) is 0 Å². The summed E-state index contributed by atoms with van der Waals surface area (Å²) < 4.78 is 22.1. The summed E-state index contributed by atoms with van der Waals surface area (Å²) in [4.78, 5) is 43.9. The number of hydrogen-bond donors (Lipinski definition) is 3. The van der Waals surface area contributed by atoms with E-state index in [0.29, 0.717) is 12.8 Å². The van der Waals surface area contributed by atoms with E-state index in [9.17, 15) is 23.9 Å². The van der Waals surface area contributed by atoms with Gasteiger partial charge in [-0.1, -0.05) is 50.1 Å². The molecule has 28 heavy (non-hydrogen) atoms. The van der Waals surface area contributed by atoms with E-state index in [-0.39, 0.29) is 19.6 Å². The average Bonchev–Trinajstić information content (AvgIpc) is 2.66. The van der Waals surface area contributed by atoms with Crippen LogP contribution in [0.3, 0.4) is 0 Å². The average molecular weight is 415 g/mol. The fraction of sp³-hybridized carbons (Fsp3) is 0.579. The Labute approximate surface area is 165 Å². The molecule has 0 fully saturated rings. The summed E-state index contributed by atoms with van der Waals surface area (Å²) in [7, 11) is -3.47. The van der Waals surface area contributed by atoms with Crippen LogP contribution in [0.4, 0.5) is 4.79 Å². The van der Waals surface area contributed by atoms with Gasteiger partial charge in [0.05, 0.1) is 18.2 Å². The van der Waals surface area contributed by atoms with Crippen molar-refractivity contribution in [3.63, 3.8) is 0 Å². The Morgan fingerprint density at radius 1 is 1.25 bits per heavy atom. The predicted molar refractivity (Wildman–Crippen MR) is 105 cm³/mol. The fourth-order valence-corrected chi connectivity index (χ4v) is 3.99. The monoisotopic (exact) mass is 415 g/mol. The number of carbonyl (C=O) groups excluding carboxylic acids is 2. The van der Waals surface area contributed by atoms with Gasteiger partial charge in [0.15, 0.2) is 0 Å². The Hall–Kier alpha value is -1.89. The number of nitrogens with one attached hydrogen (secondary N) is 1. The minimum Gasteiger partial charge on any atom is -0.469 e. The number of alkyl carbamates (subject to hydrolysis) is 1. The summed E-state index contributed by atoms with van der Waals surface area (Å²) in [6.45, 7) is 3.33. The maximum absolute atomic E-state index is 12.2. The van der Waals surface area contributed by atoms with E-state index in [0.717, 1.165) is 12.0 Å². The van der Waals surface area contributed by atoms with Gasteiger partial charge in [0, 0.05) is 6.54 Å². The first kappa shape index (κ1) is 24.1. The Morgan fingerprint density at radius 2 is 1.89 bits per heavy atom. The third-order valence-electron chi connectivity index (χ3n) is 4.86. The van der Waals surface area contributed by atoms with Crippen LogP contribution in [0.15, 0.2) is 30.3 Å². The second-order valence-electron chi connectivity index (χ2n) is 6.86. The number of amides is 1. The Kier molecular flexibility index (Phi) is 9.65. The number of methoxy groups -OCH3 is 1. The quantitative estimate of drug-likeness (QED) is 0.375. The first-order chi connectivity index (χ1) is 13.2. The molecule has 8 nitrogen and oxygen atoms in total. The van der Waals surface area contributed by atoms with Crippen molar-refractivity contribution in [3.8, 4) is 0 Å². The highest BCUT2D eigenvalue weighted by Crippen LogP contribution is 2.57. The van der Waals surface area contributed by atoms with Crippen molar-refractivity contribution in [1.82, 2.24) is 5.32 Å². The molecule has 1 aromatic carbocycles. The molecule has 0 saturated heterocycles. The highest BCUT2D eigenvalue weighted by atomic mass is 31.2. The third kappa shape index (κ3) is 6.93. The van der Waals surface area contributed by atoms with E-state index in [4.69, 9.17) is 9.47 Å². The lowest BCUT2D eigenvalue weighted by Crippen LogP contribution is -2.43. The van der Waals surface area contributed by atoms with Crippen molar-refractivity contribution in [2.24, 2.45) is 5.92 Å². The van der Waals surface area contributed by atoms with E-state index in [1.807, 2.05) is 37.3 Å². The lowest BCUT2D eigenvalue weighted by molar-refractivity contribution is -0.147. The maximum atomic E-state index is 12.2. The molecule has 0 radical (unpaired) electrons. The Morgan fingerprint density at radius 3 is 2.43 bits per heavy atom. The SMILES string of the molecule is CCCCC(C(=O)OC)C(C)(CCNC(=O)OCc1ccccc1)P(=O)(O)O. The second kappa shape index (κ2) is 11.2. The Balaban J connectivity index is 2.73. The van der Waals surface area contributed by atoms with Crippen LogP contribution >= 0.6 is 7.60 Å². The summed E-state index contributed by atoms with van der Waals surface area (Å²) in [5.41, 5.74) is 0.822. The highest BCUT2D eigenvalue weighted by molar-refractivity contribution is 7.53. The Bertz CT molecular complexity index is 676. The van der Waals surface area contributed by atoms with Gasteiger partial charge in [0.1, 0.15) is 6.61 Å². The lowest BCUT2D eigenvalue weighted by atomic mass is 9.86. The number of carbonyl (C=O) groups is 2. The van der Waals surface area contributed by atoms with Gasteiger partial charge in [0.2, 0.25) is 0 Å². The van der Waals surface area contributed by atoms with Crippen LogP contribution in [0.1, 0.15) is 45.1 Å². The molecule has 0 aromatic heterocycles. The molecule has 9 heteroatoms. The predicted octanol–water partition coefficient (Wildman–Crippen LogP) is 3.22. The van der Waals surface area contributed by atoms with Crippen LogP contribution < -0.4 is 5.32 Å². The van der Waals surface area contributed by atoms with Gasteiger partial charge in [-0.05, 0) is 25.3 Å². The summed E-state index contributed by atoms with van der Waals surface area (Å²) >= 11 is 0. The summed E-state index contributed by atoms with van der Waals surface area (Å²) in [5.74, 6) is -1.63. The number of unbranched alkanes of at least 4 members (excludes halogenated alkanes) is 1. The van der Waals surface area contributed by atoms with Gasteiger partial charge >= 0.3 is 19.7 Å². The van der Waals surface area contributed by atoms with E-state index in [1.165, 1.54) is 14.0 Å². The third-order valence-corrected chi connectivity index (χ3v) is 6.73. The van der Waals surface area contributed by atoms with Crippen molar-refractivity contribution in [1.29, 1.82) is 0 Å². The molecule has 0 heterocycles. The summed E-state index contributed by atoms with van der Waals surface area (Å²) in [6.07, 6.45) is 0.904. The number of esters is 1. The molecule has 2 unspecified atom stereocenters. The number of benzene rings is 1. The van der Waals surface area contributed by atoms with Crippen LogP contribution in [-0.4, -0.2) is 40.7 Å². The van der Waals surface area contributed by atoms with Crippen molar-refractivity contribution in [3.05, 3.63) is 35.9 Å². The number of rotatable bonds is 11. The van der Waals surface area contributed by atoms with Gasteiger partial charge in [-0.3, -0.25) is 9.36 Å². The molecule has 0 aliphatic heterocycles. The lowest BCUT2D eigenvalue weighted by Gasteiger charge is -2.36. The molecule has 0 spiro atoms. The van der Waals surface area contributed by atoms with Crippen LogP contribution in [0.2, 0.25) is 0 Å². The van der Waals surface area contributed by atoms with Crippen molar-refractivity contribution in [2.75, 3.05) is 13.7 Å². The van der Waals surface area contributed by atoms with E-state index in [2.05, 4.69) is 5.32 Å². The van der Waals surface area contributed by atoms with Gasteiger partial charge in [0.25, 0.3) is 0 Å². The minimum absolute atomic E-state index is 0.0468. The molecule has 0 aliphatic carbocycles. The van der Waals surface area contributed by atoms with Crippen molar-refractivity contribution >= 4 is 19.7 Å². The topological polar surface area (TPSA) is 122 Å². The molecular formula is C19H30NO7P. The van der Waals surface area contributed by atoms with Crippen molar-refractivity contribution < 1.29 is 33.4 Å². The molecule has 0 saturated carbocycles. The molecule has 1 aromatic rings. The number of ether oxygens (including phenoxy) is 2. The zero-order valence-corrected chi connectivity index (χ0v) is 17.5. The molecule has 3 N–H and O–H groups in total. The minimum atomic E-state index is -4.67. The van der Waals surface area contributed by atoms with Gasteiger partial charge in [-0.25, -0.2) is 4.79 Å². The molecule has 0 aliphatic rings. The first-order valence-electron chi connectivity index (χ1n) is 9.23. The van der Waals surface area contributed by atoms with Gasteiger partial charge in [-0.2, -0.15) is 0 Å².